The van der Waals surface area contributed by atoms with Gasteiger partial charge in [-0.3, -0.25) is 0 Å². The van der Waals surface area contributed by atoms with Gasteiger partial charge in [0.2, 0.25) is 0 Å². The van der Waals surface area contributed by atoms with Gasteiger partial charge in [0.15, 0.2) is 0 Å². The maximum absolute atomic E-state index is 11.0. The number of H-pyrrole nitrogens is 1. The number of hydrogen-bond donors (Lipinski definition) is 1. The van der Waals surface area contributed by atoms with E-state index in [1.165, 1.54) is 0 Å². The molecule has 2 aromatic rings. The molecular formula is C7H6IN2O+. The fraction of sp³-hybridized carbons (Fsp3) is 0. The van der Waals surface area contributed by atoms with Crippen molar-refractivity contribution in [3.63, 3.8) is 0 Å². The number of nitrogens with one attached hydrogen (secondary N) is 1. The van der Waals surface area contributed by atoms with E-state index >= 15 is 0 Å². The Morgan fingerprint density at radius 1 is 1.36 bits per heavy atom. The number of hydrogen-bond acceptors (Lipinski definition) is 1. The Kier molecular flexibility index (Phi) is 1.49. The summed E-state index contributed by atoms with van der Waals surface area (Å²) in [5.74, 6) is 0. The van der Waals surface area contributed by atoms with Crippen LogP contribution >= 0.6 is 0 Å². The van der Waals surface area contributed by atoms with Crippen LogP contribution in [-0.2, 0) is 0 Å². The molecule has 0 saturated heterocycles. The van der Waals surface area contributed by atoms with E-state index in [1.54, 1.807) is 25.6 Å². The molecule has 2 rings (SSSR count). The van der Waals surface area contributed by atoms with Gasteiger partial charge in [-0.15, -0.1) is 0 Å². The largest absolute Gasteiger partial charge is 0.413 e. The number of para-hydroxylation sites is 2. The second-order valence-electron chi connectivity index (χ2n) is 2.24. The van der Waals surface area contributed by atoms with Crippen molar-refractivity contribution < 1.29 is 22.9 Å². The first-order chi connectivity index (χ1) is 5.29. The Labute approximate surface area is 76.5 Å². The third-order valence-corrected chi connectivity index (χ3v) is 2.58. The first-order valence-corrected chi connectivity index (χ1v) is 4.20. The van der Waals surface area contributed by atoms with Gasteiger partial charge in [-0.2, -0.15) is 0 Å². The highest BCUT2D eigenvalue weighted by Crippen LogP contribution is 2.04. The van der Waals surface area contributed by atoms with Crippen LogP contribution in [0.2, 0.25) is 0 Å². The lowest BCUT2D eigenvalue weighted by molar-refractivity contribution is -0.438. The summed E-state index contributed by atoms with van der Waals surface area (Å²) in [7, 11) is 0. The highest BCUT2D eigenvalue weighted by molar-refractivity contribution is 5.74. The summed E-state index contributed by atoms with van der Waals surface area (Å²) in [6.07, 6.45) is 0. The SMILES string of the molecule is O=c1[nH]c2ccccc2n1[IH+]. The molecule has 0 aliphatic carbocycles. The van der Waals surface area contributed by atoms with Crippen molar-refractivity contribution in [3.05, 3.63) is 34.7 Å². The zero-order valence-electron chi connectivity index (χ0n) is 5.57. The normalized spacial score (nSPS) is 10.6. The van der Waals surface area contributed by atoms with Crippen LogP contribution < -0.4 is 28.6 Å². The van der Waals surface area contributed by atoms with Crippen LogP contribution in [0.3, 0.4) is 0 Å². The monoisotopic (exact) mass is 261 g/mol. The van der Waals surface area contributed by atoms with Gasteiger partial charge in [-0.25, -0.2) is 4.79 Å². The molecule has 0 spiro atoms. The first-order valence-electron chi connectivity index (χ1n) is 3.16. The van der Waals surface area contributed by atoms with E-state index in [2.05, 4.69) is 4.98 Å². The molecule has 1 aromatic carbocycles. The molecular weight excluding hydrogens is 255 g/mol. The summed E-state index contributed by atoms with van der Waals surface area (Å²) >= 11 is 1.68. The highest BCUT2D eigenvalue weighted by Gasteiger charge is 2.06. The van der Waals surface area contributed by atoms with Crippen LogP contribution in [0, 0.1) is 0 Å². The minimum atomic E-state index is -0.0593. The Balaban J connectivity index is 3.04. The summed E-state index contributed by atoms with van der Waals surface area (Å²) in [6.45, 7) is 0. The van der Waals surface area contributed by atoms with E-state index in [-0.39, 0.29) is 5.69 Å². The minimum absolute atomic E-state index is 0.0593. The third-order valence-electron chi connectivity index (χ3n) is 1.55. The maximum atomic E-state index is 11.0. The molecule has 0 bridgehead atoms. The summed E-state index contributed by atoms with van der Waals surface area (Å²) in [4.78, 5) is 13.8. The summed E-state index contributed by atoms with van der Waals surface area (Å²) < 4.78 is 1.60. The van der Waals surface area contributed by atoms with E-state index in [0.717, 1.165) is 11.0 Å². The first kappa shape index (κ1) is 6.90. The Hall–Kier alpha value is -0.780. The Bertz CT molecular complexity index is 443. The van der Waals surface area contributed by atoms with E-state index < -0.39 is 0 Å². The van der Waals surface area contributed by atoms with Gasteiger partial charge >= 0.3 is 28.6 Å². The number of benzene rings is 1. The molecule has 0 radical (unpaired) electrons. The number of halogens is 1. The van der Waals surface area contributed by atoms with Gasteiger partial charge in [-0.1, -0.05) is 14.9 Å². The van der Waals surface area contributed by atoms with Gasteiger partial charge in [-0.05, 0) is 12.1 Å². The predicted molar refractivity (Wildman–Crippen MR) is 39.4 cm³/mol. The van der Waals surface area contributed by atoms with Crippen molar-refractivity contribution >= 4 is 11.0 Å². The number of fused-ring (bicyclic) bond motifs is 1. The van der Waals surface area contributed by atoms with E-state index in [0.29, 0.717) is 0 Å². The van der Waals surface area contributed by atoms with Crippen LogP contribution in [0.1, 0.15) is 0 Å². The third kappa shape index (κ3) is 0.973. The Morgan fingerprint density at radius 3 is 2.82 bits per heavy atom. The standard InChI is InChI=1S/C7H5IN2O/c8-10-6-4-2-1-3-5(6)9-7(10)11/h1-4,8H/p+1. The van der Waals surface area contributed by atoms with Crippen molar-refractivity contribution in [2.45, 2.75) is 0 Å². The van der Waals surface area contributed by atoms with Gasteiger partial charge in [0.05, 0.1) is 5.52 Å². The molecule has 11 heavy (non-hydrogen) atoms. The quantitative estimate of drug-likeness (QED) is 0.518. The second-order valence-corrected chi connectivity index (χ2v) is 3.28. The van der Waals surface area contributed by atoms with Crippen LogP contribution in [0.4, 0.5) is 0 Å². The van der Waals surface area contributed by atoms with Crippen molar-refractivity contribution in [1.29, 1.82) is 0 Å². The lowest BCUT2D eigenvalue weighted by atomic mass is 10.3. The molecule has 1 heterocycles. The van der Waals surface area contributed by atoms with E-state index in [9.17, 15) is 4.79 Å². The molecule has 0 aliphatic rings. The fourth-order valence-electron chi connectivity index (χ4n) is 1.03. The lowest BCUT2D eigenvalue weighted by Crippen LogP contribution is -3.39. The zero-order chi connectivity index (χ0) is 7.84. The smallest absolute Gasteiger partial charge is 0.302 e. The molecule has 0 saturated carbocycles. The molecule has 1 N–H and O–H groups in total. The number of rotatable bonds is 0. The van der Waals surface area contributed by atoms with Crippen LogP contribution in [0.25, 0.3) is 11.0 Å². The fourth-order valence-corrected chi connectivity index (χ4v) is 1.62. The molecule has 0 amide bonds. The number of aromatic amines is 1. The topological polar surface area (TPSA) is 37.8 Å². The lowest BCUT2D eigenvalue weighted by Gasteiger charge is -1.82. The van der Waals surface area contributed by atoms with Gasteiger partial charge in [0.25, 0.3) is 0 Å². The molecule has 4 heteroatoms. The molecule has 0 aliphatic heterocycles. The Morgan fingerprint density at radius 2 is 2.09 bits per heavy atom. The van der Waals surface area contributed by atoms with E-state index in [1.807, 2.05) is 24.3 Å². The average molecular weight is 261 g/mol. The molecule has 0 atom stereocenters. The van der Waals surface area contributed by atoms with Gasteiger partial charge < -0.3 is 4.98 Å². The van der Waals surface area contributed by atoms with Crippen molar-refractivity contribution in [2.75, 3.05) is 0 Å². The summed E-state index contributed by atoms with van der Waals surface area (Å²) in [5.41, 5.74) is 1.78. The molecule has 56 valence electrons. The number of aromatic nitrogens is 2. The molecule has 3 nitrogen and oxygen atoms in total. The maximum Gasteiger partial charge on any atom is 0.413 e. The van der Waals surface area contributed by atoms with Gasteiger partial charge in [0.1, 0.15) is 5.52 Å². The zero-order valence-corrected chi connectivity index (χ0v) is 7.90. The van der Waals surface area contributed by atoms with Gasteiger partial charge in [0, 0.05) is 0 Å². The minimum Gasteiger partial charge on any atom is -0.302 e. The highest BCUT2D eigenvalue weighted by atomic mass is 127. The summed E-state index contributed by atoms with van der Waals surface area (Å²) in [5, 5.41) is 0. The second kappa shape index (κ2) is 2.37. The average Bonchev–Trinajstić information content (AvgIpc) is 2.30. The van der Waals surface area contributed by atoms with Crippen molar-refractivity contribution in [1.82, 2.24) is 7.76 Å². The molecule has 0 unspecified atom stereocenters. The van der Waals surface area contributed by atoms with Crippen LogP contribution in [0.5, 0.6) is 0 Å². The molecule has 1 aromatic heterocycles. The summed E-state index contributed by atoms with van der Waals surface area (Å²) in [6, 6.07) is 7.62. The van der Waals surface area contributed by atoms with Crippen LogP contribution in [-0.4, -0.2) is 7.76 Å². The van der Waals surface area contributed by atoms with E-state index in [4.69, 9.17) is 0 Å². The molecule has 0 fully saturated rings. The van der Waals surface area contributed by atoms with Crippen LogP contribution in [0.15, 0.2) is 29.1 Å². The predicted octanol–water partition coefficient (Wildman–Crippen LogP) is -2.62. The number of imidazole rings is 1. The van der Waals surface area contributed by atoms with Crippen molar-refractivity contribution in [2.24, 2.45) is 0 Å². The number of nitrogens with zero attached hydrogens (tertiary/aromatic N) is 1. The van der Waals surface area contributed by atoms with Crippen molar-refractivity contribution in [3.8, 4) is 0 Å².